The number of hydrazone groups is 1. The number of rotatable bonds is 4. The van der Waals surface area contributed by atoms with E-state index in [0.717, 1.165) is 0 Å². The van der Waals surface area contributed by atoms with Gasteiger partial charge in [-0.2, -0.15) is 5.10 Å². The second kappa shape index (κ2) is 6.53. The largest absolute Gasteiger partial charge is 0.390 e. The molecule has 0 radical (unpaired) electrons. The van der Waals surface area contributed by atoms with E-state index in [1.54, 1.807) is 43.5 Å². The van der Waals surface area contributed by atoms with Crippen LogP contribution in [0.4, 0.5) is 0 Å². The SMILES string of the molecule is C/C(=N\NC(=O)c1cccc(CO)n1)c1ccccn1. The van der Waals surface area contributed by atoms with Crippen molar-refractivity contribution in [2.45, 2.75) is 13.5 Å². The van der Waals surface area contributed by atoms with Crippen molar-refractivity contribution >= 4 is 11.6 Å². The predicted molar refractivity (Wildman–Crippen MR) is 74.1 cm³/mol. The van der Waals surface area contributed by atoms with Gasteiger partial charge < -0.3 is 5.11 Å². The van der Waals surface area contributed by atoms with Gasteiger partial charge in [-0.3, -0.25) is 9.78 Å². The molecule has 0 aromatic carbocycles. The fourth-order valence-electron chi connectivity index (χ4n) is 1.52. The number of nitrogens with zero attached hydrogens (tertiary/aromatic N) is 3. The zero-order chi connectivity index (χ0) is 14.4. The Labute approximate surface area is 116 Å². The minimum Gasteiger partial charge on any atom is -0.390 e. The fourth-order valence-corrected chi connectivity index (χ4v) is 1.52. The summed E-state index contributed by atoms with van der Waals surface area (Å²) in [5, 5.41) is 13.0. The molecule has 1 amide bonds. The molecule has 2 heterocycles. The molecule has 2 rings (SSSR count). The Bertz CT molecular complexity index is 626. The first-order valence-electron chi connectivity index (χ1n) is 6.03. The van der Waals surface area contributed by atoms with Crippen molar-refractivity contribution in [3.05, 3.63) is 59.7 Å². The molecule has 0 aliphatic carbocycles. The number of hydrogen-bond acceptors (Lipinski definition) is 5. The third kappa shape index (κ3) is 3.46. The van der Waals surface area contributed by atoms with Crippen LogP contribution in [0.2, 0.25) is 0 Å². The van der Waals surface area contributed by atoms with Crippen molar-refractivity contribution in [3.8, 4) is 0 Å². The lowest BCUT2D eigenvalue weighted by Crippen LogP contribution is -2.21. The molecule has 0 unspecified atom stereocenters. The maximum atomic E-state index is 11.9. The molecule has 0 atom stereocenters. The molecule has 0 saturated heterocycles. The van der Waals surface area contributed by atoms with Gasteiger partial charge in [0.05, 0.1) is 23.7 Å². The van der Waals surface area contributed by atoms with Crippen LogP contribution in [-0.4, -0.2) is 26.7 Å². The molecule has 102 valence electrons. The van der Waals surface area contributed by atoms with Crippen molar-refractivity contribution < 1.29 is 9.90 Å². The van der Waals surface area contributed by atoms with Gasteiger partial charge in [0.25, 0.3) is 5.91 Å². The number of pyridine rings is 2. The van der Waals surface area contributed by atoms with Gasteiger partial charge in [-0.05, 0) is 31.2 Å². The smallest absolute Gasteiger partial charge is 0.289 e. The highest BCUT2D eigenvalue weighted by Crippen LogP contribution is 2.00. The molecule has 0 spiro atoms. The summed E-state index contributed by atoms with van der Waals surface area (Å²) in [6.07, 6.45) is 1.66. The van der Waals surface area contributed by atoms with Crippen molar-refractivity contribution in [2.75, 3.05) is 0 Å². The van der Waals surface area contributed by atoms with E-state index >= 15 is 0 Å². The summed E-state index contributed by atoms with van der Waals surface area (Å²) >= 11 is 0. The van der Waals surface area contributed by atoms with Crippen LogP contribution >= 0.6 is 0 Å². The summed E-state index contributed by atoms with van der Waals surface area (Å²) in [5.41, 5.74) is 4.33. The lowest BCUT2D eigenvalue weighted by Gasteiger charge is -2.03. The number of hydrogen-bond donors (Lipinski definition) is 2. The molecule has 6 heteroatoms. The molecule has 0 fully saturated rings. The number of aliphatic hydroxyl groups excluding tert-OH is 1. The van der Waals surface area contributed by atoms with E-state index in [-0.39, 0.29) is 12.3 Å². The fraction of sp³-hybridized carbons (Fsp3) is 0.143. The standard InChI is InChI=1S/C14H14N4O2/c1-10(12-6-2-3-8-15-12)17-18-14(20)13-7-4-5-11(9-19)16-13/h2-8,19H,9H2,1H3,(H,18,20)/b17-10+. The predicted octanol–water partition coefficient (Wildman–Crippen LogP) is 1.12. The van der Waals surface area contributed by atoms with Crippen LogP contribution in [0.25, 0.3) is 0 Å². The Morgan fingerprint density at radius 1 is 1.25 bits per heavy atom. The Hall–Kier alpha value is -2.60. The van der Waals surface area contributed by atoms with E-state index < -0.39 is 5.91 Å². The van der Waals surface area contributed by atoms with Crippen molar-refractivity contribution in [3.63, 3.8) is 0 Å². The van der Waals surface area contributed by atoms with Crippen LogP contribution in [-0.2, 0) is 6.61 Å². The van der Waals surface area contributed by atoms with Gasteiger partial charge in [-0.1, -0.05) is 12.1 Å². The summed E-state index contributed by atoms with van der Waals surface area (Å²) in [4.78, 5) is 20.0. The Balaban J connectivity index is 2.08. The third-order valence-corrected chi connectivity index (χ3v) is 2.56. The van der Waals surface area contributed by atoms with Crippen molar-refractivity contribution in [1.29, 1.82) is 0 Å². The van der Waals surface area contributed by atoms with Crippen LogP contribution in [0.3, 0.4) is 0 Å². The number of aromatic nitrogens is 2. The molecular weight excluding hydrogens is 256 g/mol. The third-order valence-electron chi connectivity index (χ3n) is 2.56. The van der Waals surface area contributed by atoms with E-state index in [0.29, 0.717) is 17.1 Å². The Kier molecular flexibility index (Phi) is 4.52. The summed E-state index contributed by atoms with van der Waals surface area (Å²) in [6, 6.07) is 10.3. The van der Waals surface area contributed by atoms with Gasteiger partial charge >= 0.3 is 0 Å². The molecule has 20 heavy (non-hydrogen) atoms. The molecule has 2 N–H and O–H groups in total. The maximum absolute atomic E-state index is 11.9. The normalized spacial score (nSPS) is 11.2. The summed E-state index contributed by atoms with van der Waals surface area (Å²) in [7, 11) is 0. The summed E-state index contributed by atoms with van der Waals surface area (Å²) < 4.78 is 0. The minimum absolute atomic E-state index is 0.203. The average Bonchev–Trinajstić information content (AvgIpc) is 2.53. The Morgan fingerprint density at radius 2 is 2.05 bits per heavy atom. The van der Waals surface area contributed by atoms with Crippen LogP contribution in [0, 0.1) is 0 Å². The van der Waals surface area contributed by atoms with Crippen LogP contribution in [0.15, 0.2) is 47.7 Å². The summed E-state index contributed by atoms with van der Waals surface area (Å²) in [6.45, 7) is 1.54. The summed E-state index contributed by atoms with van der Waals surface area (Å²) in [5.74, 6) is -0.435. The second-order valence-electron chi connectivity index (χ2n) is 4.03. The number of nitrogens with one attached hydrogen (secondary N) is 1. The molecule has 0 bridgehead atoms. The second-order valence-corrected chi connectivity index (χ2v) is 4.03. The quantitative estimate of drug-likeness (QED) is 0.644. The zero-order valence-electron chi connectivity index (χ0n) is 10.9. The van der Waals surface area contributed by atoms with Crippen LogP contribution in [0.1, 0.15) is 28.8 Å². The first-order valence-corrected chi connectivity index (χ1v) is 6.03. The monoisotopic (exact) mass is 270 g/mol. The van der Waals surface area contributed by atoms with Crippen molar-refractivity contribution in [2.24, 2.45) is 5.10 Å². The topological polar surface area (TPSA) is 87.5 Å². The first-order chi connectivity index (χ1) is 9.70. The number of carbonyl (C=O) groups excluding carboxylic acids is 1. The van der Waals surface area contributed by atoms with Gasteiger partial charge in [-0.25, -0.2) is 10.4 Å². The van der Waals surface area contributed by atoms with E-state index in [1.807, 2.05) is 6.07 Å². The maximum Gasteiger partial charge on any atom is 0.289 e. The lowest BCUT2D eigenvalue weighted by atomic mass is 10.3. The van der Waals surface area contributed by atoms with Crippen molar-refractivity contribution in [1.82, 2.24) is 15.4 Å². The Morgan fingerprint density at radius 3 is 2.75 bits per heavy atom. The van der Waals surface area contributed by atoms with Gasteiger partial charge in [-0.15, -0.1) is 0 Å². The number of amides is 1. The van der Waals surface area contributed by atoms with E-state index in [9.17, 15) is 4.79 Å². The lowest BCUT2D eigenvalue weighted by molar-refractivity contribution is 0.0949. The number of carbonyl (C=O) groups is 1. The molecule has 2 aromatic heterocycles. The molecular formula is C14H14N4O2. The molecule has 0 saturated carbocycles. The first kappa shape index (κ1) is 13.8. The van der Waals surface area contributed by atoms with Gasteiger partial charge in [0.15, 0.2) is 0 Å². The molecule has 0 aliphatic rings. The zero-order valence-corrected chi connectivity index (χ0v) is 10.9. The number of aliphatic hydroxyl groups is 1. The molecule has 0 aliphatic heterocycles. The molecule has 2 aromatic rings. The highest BCUT2D eigenvalue weighted by atomic mass is 16.3. The van der Waals surface area contributed by atoms with Crippen LogP contribution in [0.5, 0.6) is 0 Å². The van der Waals surface area contributed by atoms with Gasteiger partial charge in [0.2, 0.25) is 0 Å². The minimum atomic E-state index is -0.435. The van der Waals surface area contributed by atoms with Gasteiger partial charge in [0.1, 0.15) is 5.69 Å². The van der Waals surface area contributed by atoms with E-state index in [4.69, 9.17) is 5.11 Å². The van der Waals surface area contributed by atoms with Gasteiger partial charge in [0, 0.05) is 6.20 Å². The highest BCUT2D eigenvalue weighted by Gasteiger charge is 2.07. The van der Waals surface area contributed by atoms with E-state index in [1.165, 1.54) is 0 Å². The molecule has 6 nitrogen and oxygen atoms in total. The highest BCUT2D eigenvalue weighted by molar-refractivity contribution is 5.99. The average molecular weight is 270 g/mol. The van der Waals surface area contributed by atoms with E-state index in [2.05, 4.69) is 20.5 Å². The van der Waals surface area contributed by atoms with Crippen LogP contribution < -0.4 is 5.43 Å².